The summed E-state index contributed by atoms with van der Waals surface area (Å²) in [7, 11) is 0. The van der Waals surface area contributed by atoms with Crippen molar-refractivity contribution in [1.29, 1.82) is 0 Å². The van der Waals surface area contributed by atoms with Crippen LogP contribution < -0.4 is 4.74 Å². The predicted molar refractivity (Wildman–Crippen MR) is 78.3 cm³/mol. The minimum atomic E-state index is -0.462. The summed E-state index contributed by atoms with van der Waals surface area (Å²) >= 11 is 0. The number of carbonyl (C=O) groups excluding carboxylic acids is 1. The van der Waals surface area contributed by atoms with Gasteiger partial charge in [-0.15, -0.1) is 0 Å². The Hall–Kier alpha value is -2.62. The van der Waals surface area contributed by atoms with Crippen LogP contribution in [0.5, 0.6) is 5.75 Å². The molecule has 2 aromatic carbocycles. The molecule has 4 heteroatoms. The molecule has 2 rings (SSSR count). The topological polar surface area (TPSA) is 35.5 Å². The standard InChI is InChI=1S/C17H15FO3/c18-15-9-6-14(7-10-15)8-11-17(19)21-13-12-20-16-4-2-1-3-5-16/h1-11H,12-13H2. The van der Waals surface area contributed by atoms with Crippen molar-refractivity contribution in [2.45, 2.75) is 0 Å². The molecule has 0 saturated carbocycles. The van der Waals surface area contributed by atoms with Crippen LogP contribution in [0.2, 0.25) is 0 Å². The lowest BCUT2D eigenvalue weighted by atomic mass is 10.2. The van der Waals surface area contributed by atoms with Gasteiger partial charge in [-0.1, -0.05) is 30.3 Å². The molecular formula is C17H15FO3. The largest absolute Gasteiger partial charge is 0.490 e. The van der Waals surface area contributed by atoms with Crippen molar-refractivity contribution in [2.75, 3.05) is 13.2 Å². The lowest BCUT2D eigenvalue weighted by molar-refractivity contribution is -0.138. The highest BCUT2D eigenvalue weighted by Gasteiger charge is 1.98. The number of hydrogen-bond donors (Lipinski definition) is 0. The van der Waals surface area contributed by atoms with Crippen LogP contribution in [0.4, 0.5) is 4.39 Å². The van der Waals surface area contributed by atoms with E-state index in [-0.39, 0.29) is 12.4 Å². The number of para-hydroxylation sites is 1. The van der Waals surface area contributed by atoms with Gasteiger partial charge in [-0.3, -0.25) is 0 Å². The molecule has 0 aliphatic heterocycles. The number of esters is 1. The number of benzene rings is 2. The summed E-state index contributed by atoms with van der Waals surface area (Å²) in [6.45, 7) is 0.460. The molecule has 0 aliphatic carbocycles. The van der Waals surface area contributed by atoms with Crippen LogP contribution in [0.3, 0.4) is 0 Å². The third-order valence-corrected chi connectivity index (χ3v) is 2.62. The van der Waals surface area contributed by atoms with Gasteiger partial charge in [0, 0.05) is 6.08 Å². The van der Waals surface area contributed by atoms with E-state index < -0.39 is 5.97 Å². The summed E-state index contributed by atoms with van der Waals surface area (Å²) in [5.74, 6) is -0.0424. The van der Waals surface area contributed by atoms with Crippen molar-refractivity contribution in [1.82, 2.24) is 0 Å². The molecule has 0 aliphatic rings. The van der Waals surface area contributed by atoms with E-state index >= 15 is 0 Å². The first-order valence-corrected chi connectivity index (χ1v) is 6.52. The van der Waals surface area contributed by atoms with Crippen LogP contribution in [-0.2, 0) is 9.53 Å². The Morgan fingerprint density at radius 3 is 2.43 bits per heavy atom. The smallest absolute Gasteiger partial charge is 0.330 e. The van der Waals surface area contributed by atoms with Crippen LogP contribution in [0.15, 0.2) is 60.7 Å². The van der Waals surface area contributed by atoms with Gasteiger partial charge in [0.1, 0.15) is 24.8 Å². The average Bonchev–Trinajstić information content (AvgIpc) is 2.52. The van der Waals surface area contributed by atoms with Crippen molar-refractivity contribution < 1.29 is 18.7 Å². The zero-order valence-corrected chi connectivity index (χ0v) is 11.4. The fourth-order valence-electron chi connectivity index (χ4n) is 1.60. The lowest BCUT2D eigenvalue weighted by Crippen LogP contribution is -2.10. The number of halogens is 1. The van der Waals surface area contributed by atoms with Gasteiger partial charge in [0.2, 0.25) is 0 Å². The van der Waals surface area contributed by atoms with E-state index in [0.717, 1.165) is 11.3 Å². The molecule has 0 spiro atoms. The number of hydrogen-bond acceptors (Lipinski definition) is 3. The van der Waals surface area contributed by atoms with Gasteiger partial charge in [-0.2, -0.15) is 0 Å². The van der Waals surface area contributed by atoms with Crippen LogP contribution >= 0.6 is 0 Å². The monoisotopic (exact) mass is 286 g/mol. The summed E-state index contributed by atoms with van der Waals surface area (Å²) in [6.07, 6.45) is 2.87. The van der Waals surface area contributed by atoms with Crippen molar-refractivity contribution in [3.05, 3.63) is 72.1 Å². The summed E-state index contributed by atoms with van der Waals surface area (Å²) in [4.78, 5) is 11.5. The van der Waals surface area contributed by atoms with Crippen molar-refractivity contribution in [2.24, 2.45) is 0 Å². The average molecular weight is 286 g/mol. The maximum atomic E-state index is 12.7. The van der Waals surface area contributed by atoms with Gasteiger partial charge in [0.05, 0.1) is 0 Å². The summed E-state index contributed by atoms with van der Waals surface area (Å²) in [5, 5.41) is 0. The van der Waals surface area contributed by atoms with E-state index in [0.29, 0.717) is 6.61 Å². The van der Waals surface area contributed by atoms with Crippen LogP contribution in [0.1, 0.15) is 5.56 Å². The molecule has 108 valence electrons. The number of ether oxygens (including phenoxy) is 2. The van der Waals surface area contributed by atoms with Crippen LogP contribution in [-0.4, -0.2) is 19.2 Å². The fourth-order valence-corrected chi connectivity index (χ4v) is 1.60. The van der Waals surface area contributed by atoms with Crippen LogP contribution in [0, 0.1) is 5.82 Å². The summed E-state index contributed by atoms with van der Waals surface area (Å²) in [5.41, 5.74) is 0.730. The molecular weight excluding hydrogens is 271 g/mol. The van der Waals surface area contributed by atoms with Crippen molar-refractivity contribution >= 4 is 12.0 Å². The lowest BCUT2D eigenvalue weighted by Gasteiger charge is -2.05. The van der Waals surface area contributed by atoms with E-state index in [1.54, 1.807) is 18.2 Å². The van der Waals surface area contributed by atoms with E-state index in [9.17, 15) is 9.18 Å². The van der Waals surface area contributed by atoms with Gasteiger partial charge in [0.25, 0.3) is 0 Å². The van der Waals surface area contributed by atoms with Crippen molar-refractivity contribution in [3.8, 4) is 5.75 Å². The highest BCUT2D eigenvalue weighted by atomic mass is 19.1. The Morgan fingerprint density at radius 2 is 1.71 bits per heavy atom. The Balaban J connectivity index is 1.69. The van der Waals surface area contributed by atoms with E-state index in [2.05, 4.69) is 0 Å². The zero-order chi connectivity index (χ0) is 14.9. The molecule has 0 bridgehead atoms. The molecule has 3 nitrogen and oxygen atoms in total. The molecule has 0 unspecified atom stereocenters. The molecule has 0 amide bonds. The Labute approximate surface area is 122 Å². The maximum absolute atomic E-state index is 12.7. The van der Waals surface area contributed by atoms with Crippen LogP contribution in [0.25, 0.3) is 6.08 Å². The first-order chi connectivity index (χ1) is 10.2. The van der Waals surface area contributed by atoms with Crippen molar-refractivity contribution in [3.63, 3.8) is 0 Å². The molecule has 0 fully saturated rings. The van der Waals surface area contributed by atoms with E-state index in [1.807, 2.05) is 30.3 Å². The third kappa shape index (κ3) is 5.48. The minimum Gasteiger partial charge on any atom is -0.490 e. The Morgan fingerprint density at radius 1 is 1.00 bits per heavy atom. The Kier molecular flexibility index (Phi) is 5.52. The number of rotatable bonds is 6. The molecule has 0 saturated heterocycles. The molecule has 0 radical (unpaired) electrons. The summed E-state index contributed by atoms with van der Waals surface area (Å²) in [6, 6.07) is 15.1. The second kappa shape index (κ2) is 7.85. The molecule has 21 heavy (non-hydrogen) atoms. The molecule has 0 heterocycles. The SMILES string of the molecule is O=C(C=Cc1ccc(F)cc1)OCCOc1ccccc1. The normalized spacial score (nSPS) is 10.5. The minimum absolute atomic E-state index is 0.168. The predicted octanol–water partition coefficient (Wildman–Crippen LogP) is 3.46. The highest BCUT2D eigenvalue weighted by Crippen LogP contribution is 2.08. The third-order valence-electron chi connectivity index (χ3n) is 2.62. The molecule has 0 aromatic heterocycles. The second-order valence-corrected chi connectivity index (χ2v) is 4.21. The van der Waals surface area contributed by atoms with E-state index in [4.69, 9.17) is 9.47 Å². The van der Waals surface area contributed by atoms with E-state index in [1.165, 1.54) is 18.2 Å². The second-order valence-electron chi connectivity index (χ2n) is 4.21. The fraction of sp³-hybridized carbons (Fsp3) is 0.118. The molecule has 0 atom stereocenters. The zero-order valence-electron chi connectivity index (χ0n) is 11.4. The first-order valence-electron chi connectivity index (χ1n) is 6.52. The van der Waals surface area contributed by atoms with Gasteiger partial charge in [-0.05, 0) is 35.9 Å². The molecule has 2 aromatic rings. The van der Waals surface area contributed by atoms with Gasteiger partial charge < -0.3 is 9.47 Å². The quantitative estimate of drug-likeness (QED) is 0.463. The maximum Gasteiger partial charge on any atom is 0.330 e. The first kappa shape index (κ1) is 14.8. The number of carbonyl (C=O) groups is 1. The van der Waals surface area contributed by atoms with Gasteiger partial charge in [0.15, 0.2) is 0 Å². The Bertz CT molecular complexity index is 591. The molecule has 0 N–H and O–H groups in total. The van der Waals surface area contributed by atoms with Gasteiger partial charge in [-0.25, -0.2) is 9.18 Å². The van der Waals surface area contributed by atoms with Gasteiger partial charge >= 0.3 is 5.97 Å². The highest BCUT2D eigenvalue weighted by molar-refractivity contribution is 5.87. The summed E-state index contributed by atoms with van der Waals surface area (Å²) < 4.78 is 23.1.